The Morgan fingerprint density at radius 2 is 2.16 bits per heavy atom. The van der Waals surface area contributed by atoms with Gasteiger partial charge in [0.1, 0.15) is 5.75 Å². The highest BCUT2D eigenvalue weighted by molar-refractivity contribution is 5.79. The van der Waals surface area contributed by atoms with Crippen molar-refractivity contribution in [3.63, 3.8) is 0 Å². The normalized spacial score (nSPS) is 11.4. The summed E-state index contributed by atoms with van der Waals surface area (Å²) in [4.78, 5) is 4.68. The van der Waals surface area contributed by atoms with Crippen molar-refractivity contribution in [3.8, 4) is 5.75 Å². The second-order valence-corrected chi connectivity index (χ2v) is 5.79. The van der Waals surface area contributed by atoms with Gasteiger partial charge in [0.25, 0.3) is 0 Å². The smallest absolute Gasteiger partial charge is 0.191 e. The summed E-state index contributed by atoms with van der Waals surface area (Å²) in [6.45, 7) is 9.96. The zero-order chi connectivity index (χ0) is 17.9. The van der Waals surface area contributed by atoms with Gasteiger partial charge in [-0.05, 0) is 44.9 Å². The van der Waals surface area contributed by atoms with Crippen LogP contribution < -0.4 is 15.4 Å². The quantitative estimate of drug-likeness (QED) is 0.417. The molecule has 2 rings (SSSR count). The average molecular weight is 343 g/mol. The van der Waals surface area contributed by atoms with Crippen molar-refractivity contribution in [1.82, 2.24) is 20.4 Å². The molecule has 0 aliphatic carbocycles. The maximum Gasteiger partial charge on any atom is 0.191 e. The highest BCUT2D eigenvalue weighted by Gasteiger charge is 2.04. The van der Waals surface area contributed by atoms with Crippen LogP contribution in [0.2, 0.25) is 0 Å². The lowest BCUT2D eigenvalue weighted by atomic mass is 10.1. The Hall–Kier alpha value is -2.50. The third-order valence-electron chi connectivity index (χ3n) is 3.69. The van der Waals surface area contributed by atoms with Gasteiger partial charge in [0.2, 0.25) is 0 Å². The minimum atomic E-state index is 0.587. The molecule has 0 saturated heterocycles. The minimum Gasteiger partial charge on any atom is -0.494 e. The molecule has 0 fully saturated rings. The summed E-state index contributed by atoms with van der Waals surface area (Å²) in [6, 6.07) is 8.19. The fourth-order valence-electron chi connectivity index (χ4n) is 2.47. The predicted octanol–water partition coefficient (Wildman–Crippen LogP) is 2.74. The van der Waals surface area contributed by atoms with Crippen LogP contribution in [0.25, 0.3) is 0 Å². The number of benzene rings is 1. The molecule has 25 heavy (non-hydrogen) atoms. The number of hydrogen-bond acceptors (Lipinski definition) is 3. The first-order chi connectivity index (χ1) is 12.2. The van der Waals surface area contributed by atoms with Gasteiger partial charge in [0.15, 0.2) is 5.96 Å². The van der Waals surface area contributed by atoms with E-state index in [1.165, 1.54) is 5.56 Å². The molecule has 0 radical (unpaired) electrons. The highest BCUT2D eigenvalue weighted by atomic mass is 16.5. The Morgan fingerprint density at radius 3 is 2.88 bits per heavy atom. The summed E-state index contributed by atoms with van der Waals surface area (Å²) in [5.74, 6) is 1.74. The van der Waals surface area contributed by atoms with E-state index in [0.717, 1.165) is 43.3 Å². The molecular formula is C19H29N5O. The number of guanidine groups is 1. The van der Waals surface area contributed by atoms with Crippen LogP contribution in [-0.2, 0) is 13.1 Å². The average Bonchev–Trinajstić information content (AvgIpc) is 3.11. The number of ether oxygens (including phenoxy) is 1. The van der Waals surface area contributed by atoms with E-state index in [1.54, 1.807) is 6.20 Å². The fourth-order valence-corrected chi connectivity index (χ4v) is 2.47. The lowest BCUT2D eigenvalue weighted by Gasteiger charge is -2.13. The highest BCUT2D eigenvalue weighted by Crippen LogP contribution is 2.21. The lowest BCUT2D eigenvalue weighted by molar-refractivity contribution is 0.336. The molecule has 136 valence electrons. The Labute approximate surface area is 150 Å². The molecule has 0 saturated carbocycles. The molecule has 0 amide bonds. The summed E-state index contributed by atoms with van der Waals surface area (Å²) >= 11 is 0. The topological polar surface area (TPSA) is 63.5 Å². The molecule has 1 aromatic heterocycles. The zero-order valence-corrected chi connectivity index (χ0v) is 15.5. The van der Waals surface area contributed by atoms with Crippen molar-refractivity contribution < 1.29 is 4.74 Å². The Balaban J connectivity index is 1.90. The van der Waals surface area contributed by atoms with E-state index >= 15 is 0 Å². The number of nitrogens with zero attached hydrogens (tertiary/aromatic N) is 3. The van der Waals surface area contributed by atoms with Gasteiger partial charge in [-0.25, -0.2) is 4.99 Å². The van der Waals surface area contributed by atoms with E-state index < -0.39 is 0 Å². The summed E-state index contributed by atoms with van der Waals surface area (Å²) in [5, 5.41) is 10.9. The molecular weight excluding hydrogens is 314 g/mol. The Bertz CT molecular complexity index is 652. The number of aryl methyl sites for hydroxylation is 2. The Kier molecular flexibility index (Phi) is 7.82. The fraction of sp³-hybridized carbons (Fsp3) is 0.474. The van der Waals surface area contributed by atoms with Gasteiger partial charge in [0.05, 0.1) is 13.2 Å². The van der Waals surface area contributed by atoms with E-state index in [2.05, 4.69) is 52.8 Å². The van der Waals surface area contributed by atoms with Crippen molar-refractivity contribution in [2.75, 3.05) is 19.7 Å². The number of aromatic nitrogens is 2. The second kappa shape index (κ2) is 10.4. The van der Waals surface area contributed by atoms with Crippen molar-refractivity contribution in [2.24, 2.45) is 4.99 Å². The summed E-state index contributed by atoms with van der Waals surface area (Å²) in [7, 11) is 0. The first kappa shape index (κ1) is 18.8. The van der Waals surface area contributed by atoms with Gasteiger partial charge in [-0.1, -0.05) is 12.1 Å². The van der Waals surface area contributed by atoms with Crippen molar-refractivity contribution in [3.05, 3.63) is 47.8 Å². The molecule has 0 bridgehead atoms. The monoisotopic (exact) mass is 343 g/mol. The van der Waals surface area contributed by atoms with Crippen LogP contribution in [0.5, 0.6) is 5.75 Å². The van der Waals surface area contributed by atoms with Gasteiger partial charge < -0.3 is 15.4 Å². The minimum absolute atomic E-state index is 0.587. The van der Waals surface area contributed by atoms with Crippen LogP contribution in [0.15, 0.2) is 41.7 Å². The third-order valence-corrected chi connectivity index (χ3v) is 3.69. The van der Waals surface area contributed by atoms with Crippen LogP contribution >= 0.6 is 0 Å². The second-order valence-electron chi connectivity index (χ2n) is 5.79. The van der Waals surface area contributed by atoms with Gasteiger partial charge in [-0.15, -0.1) is 0 Å². The molecule has 6 heteroatoms. The predicted molar refractivity (Wildman–Crippen MR) is 102 cm³/mol. The lowest BCUT2D eigenvalue weighted by Crippen LogP contribution is -2.38. The van der Waals surface area contributed by atoms with E-state index in [1.807, 2.05) is 23.9 Å². The maximum absolute atomic E-state index is 5.73. The number of aliphatic imine (C=N–C) groups is 1. The molecule has 0 unspecified atom stereocenters. The van der Waals surface area contributed by atoms with Gasteiger partial charge in [-0.3, -0.25) is 4.68 Å². The molecule has 0 aliphatic heterocycles. The molecule has 2 aromatic rings. The SMILES string of the molecule is CCNC(=NCc1ccc(C)cc1OCC)NCCCn1cccn1. The zero-order valence-electron chi connectivity index (χ0n) is 15.5. The molecule has 6 nitrogen and oxygen atoms in total. The van der Waals surface area contributed by atoms with Crippen molar-refractivity contribution in [2.45, 2.75) is 40.3 Å². The van der Waals surface area contributed by atoms with Crippen molar-refractivity contribution in [1.29, 1.82) is 0 Å². The molecule has 2 N–H and O–H groups in total. The third kappa shape index (κ3) is 6.49. The number of nitrogens with one attached hydrogen (secondary N) is 2. The molecule has 0 spiro atoms. The first-order valence-corrected chi connectivity index (χ1v) is 8.94. The number of rotatable bonds is 9. The van der Waals surface area contributed by atoms with E-state index in [4.69, 9.17) is 4.74 Å². The van der Waals surface area contributed by atoms with Crippen LogP contribution in [-0.4, -0.2) is 35.4 Å². The van der Waals surface area contributed by atoms with Crippen LogP contribution in [0, 0.1) is 6.92 Å². The molecule has 1 heterocycles. The van der Waals surface area contributed by atoms with Gasteiger partial charge >= 0.3 is 0 Å². The molecule has 1 aromatic carbocycles. The van der Waals surface area contributed by atoms with E-state index in [9.17, 15) is 0 Å². The standard InChI is InChI=1S/C19H29N5O/c1-4-20-19(21-10-6-12-24-13-7-11-23-24)22-15-17-9-8-16(3)14-18(17)25-5-2/h7-9,11,13-14H,4-6,10,12,15H2,1-3H3,(H2,20,21,22). The van der Waals surface area contributed by atoms with Gasteiger partial charge in [0, 0.05) is 37.6 Å². The van der Waals surface area contributed by atoms with Crippen LogP contribution in [0.3, 0.4) is 0 Å². The summed E-state index contributed by atoms with van der Waals surface area (Å²) in [5.41, 5.74) is 2.29. The maximum atomic E-state index is 5.73. The van der Waals surface area contributed by atoms with E-state index in [0.29, 0.717) is 13.2 Å². The number of hydrogen-bond donors (Lipinski definition) is 2. The van der Waals surface area contributed by atoms with Crippen molar-refractivity contribution >= 4 is 5.96 Å². The molecule has 0 atom stereocenters. The van der Waals surface area contributed by atoms with E-state index in [-0.39, 0.29) is 0 Å². The largest absolute Gasteiger partial charge is 0.494 e. The Morgan fingerprint density at radius 1 is 1.28 bits per heavy atom. The van der Waals surface area contributed by atoms with Gasteiger partial charge in [-0.2, -0.15) is 5.10 Å². The van der Waals surface area contributed by atoms with Crippen LogP contribution in [0.1, 0.15) is 31.4 Å². The molecule has 0 aliphatic rings. The van der Waals surface area contributed by atoms with Crippen LogP contribution in [0.4, 0.5) is 0 Å². The first-order valence-electron chi connectivity index (χ1n) is 8.94. The summed E-state index contributed by atoms with van der Waals surface area (Å²) in [6.07, 6.45) is 4.77. The summed E-state index contributed by atoms with van der Waals surface area (Å²) < 4.78 is 7.67.